The number of Topliss-reactive ketones (excluding diaryl/α,β-unsaturated/α-hetero) is 1. The zero-order chi connectivity index (χ0) is 26.1. The van der Waals surface area contributed by atoms with Crippen LogP contribution < -0.4 is 19.1 Å². The van der Waals surface area contributed by atoms with Gasteiger partial charge in [0.1, 0.15) is 24.7 Å². The highest BCUT2D eigenvalue weighted by molar-refractivity contribution is 6.51. The lowest BCUT2D eigenvalue weighted by Crippen LogP contribution is -2.29. The minimum atomic E-state index is -1.04. The monoisotopic (exact) mass is 496 g/mol. The Morgan fingerprint density at radius 3 is 2.46 bits per heavy atom. The molecule has 5 rings (SSSR count). The van der Waals surface area contributed by atoms with Gasteiger partial charge in [-0.05, 0) is 60.2 Å². The van der Waals surface area contributed by atoms with Crippen molar-refractivity contribution in [1.82, 2.24) is 0 Å². The number of aliphatic hydroxyl groups is 1. The third-order valence-electron chi connectivity index (χ3n) is 5.97. The number of fused-ring (bicyclic) bond motifs is 1. The van der Waals surface area contributed by atoms with E-state index in [0.29, 0.717) is 41.5 Å². The average Bonchev–Trinajstić information content (AvgIpc) is 3.18. The maximum absolute atomic E-state index is 13.4. The first-order valence-corrected chi connectivity index (χ1v) is 11.4. The average molecular weight is 496 g/mol. The molecule has 2 aliphatic rings. The summed E-state index contributed by atoms with van der Waals surface area (Å²) in [5, 5.41) is 20.5. The summed E-state index contributed by atoms with van der Waals surface area (Å²) in [6.07, 6.45) is 0. The van der Waals surface area contributed by atoms with Crippen molar-refractivity contribution in [3.05, 3.63) is 89.0 Å². The molecule has 1 amide bonds. The largest absolute Gasteiger partial charge is 0.507 e. The second-order valence-corrected chi connectivity index (χ2v) is 8.35. The molecule has 0 bridgehead atoms. The van der Waals surface area contributed by atoms with Crippen LogP contribution in [-0.4, -0.2) is 36.0 Å². The molecule has 3 aromatic carbocycles. The van der Waals surface area contributed by atoms with Crippen molar-refractivity contribution < 1.29 is 33.7 Å². The fraction of sp³-hybridized carbons (Fsp3) is 0.143. The molecule has 1 atom stereocenters. The normalized spacial score (nSPS) is 17.8. The van der Waals surface area contributed by atoms with E-state index < -0.39 is 29.5 Å². The molecule has 9 heteroatoms. The van der Waals surface area contributed by atoms with Gasteiger partial charge >= 0.3 is 5.97 Å². The SMILES string of the molecule is CC(=O)Oc1cccc(C2/C(=C(/O)c3ccc4c(c3)OCCO4)C(=O)C(=O)N2c2ccc(C#N)cc2)c1. The molecular weight excluding hydrogens is 476 g/mol. The molecule has 1 unspecified atom stereocenters. The zero-order valence-corrected chi connectivity index (χ0v) is 19.6. The van der Waals surface area contributed by atoms with Crippen LogP contribution in [-0.2, 0) is 14.4 Å². The van der Waals surface area contributed by atoms with Crippen LogP contribution in [0.2, 0.25) is 0 Å². The molecular formula is C28H20N2O7. The number of rotatable bonds is 4. The Morgan fingerprint density at radius 2 is 1.76 bits per heavy atom. The molecule has 0 saturated carbocycles. The number of aliphatic hydroxyl groups excluding tert-OH is 1. The standard InChI is InChI=1S/C28H20N2O7/c1-16(31)37-21-4-2-3-18(13-21)25-24(26(32)19-7-10-22-23(14-19)36-12-11-35-22)27(33)28(34)30(25)20-8-5-17(15-29)6-9-20/h2-10,13-14,25,32H,11-12H2,1H3/b26-24-. The molecule has 0 aliphatic carbocycles. The summed E-state index contributed by atoms with van der Waals surface area (Å²) >= 11 is 0. The van der Waals surface area contributed by atoms with E-state index in [9.17, 15) is 19.5 Å². The number of hydrogen-bond acceptors (Lipinski definition) is 8. The predicted octanol–water partition coefficient (Wildman–Crippen LogP) is 3.88. The highest BCUT2D eigenvalue weighted by Gasteiger charge is 2.47. The molecule has 0 radical (unpaired) electrons. The van der Waals surface area contributed by atoms with E-state index in [2.05, 4.69) is 0 Å². The van der Waals surface area contributed by atoms with Gasteiger partial charge in [-0.25, -0.2) is 0 Å². The molecule has 184 valence electrons. The number of ketones is 1. The number of carbonyl (C=O) groups excluding carboxylic acids is 3. The molecule has 0 spiro atoms. The number of hydrogen-bond donors (Lipinski definition) is 1. The fourth-order valence-electron chi connectivity index (χ4n) is 4.37. The molecule has 9 nitrogen and oxygen atoms in total. The summed E-state index contributed by atoms with van der Waals surface area (Å²) in [5.74, 6) is -1.54. The van der Waals surface area contributed by atoms with E-state index in [0.717, 1.165) is 0 Å². The molecule has 2 heterocycles. The Labute approximate surface area is 211 Å². The maximum atomic E-state index is 13.4. The molecule has 3 aromatic rings. The summed E-state index contributed by atoms with van der Waals surface area (Å²) in [6.45, 7) is 1.99. The van der Waals surface area contributed by atoms with Gasteiger partial charge < -0.3 is 19.3 Å². The van der Waals surface area contributed by atoms with Gasteiger partial charge in [-0.15, -0.1) is 0 Å². The Kier molecular flexibility index (Phi) is 6.07. The number of benzene rings is 3. The number of nitriles is 1. The summed E-state index contributed by atoms with van der Waals surface area (Å²) < 4.78 is 16.3. The van der Waals surface area contributed by atoms with Crippen LogP contribution in [0.4, 0.5) is 5.69 Å². The lowest BCUT2D eigenvalue weighted by Gasteiger charge is -2.26. The number of carbonyl (C=O) groups is 3. The number of amides is 1. The van der Waals surface area contributed by atoms with Gasteiger partial charge in [0.2, 0.25) is 0 Å². The number of nitrogens with zero attached hydrogens (tertiary/aromatic N) is 2. The van der Waals surface area contributed by atoms with E-state index in [1.165, 1.54) is 30.0 Å². The van der Waals surface area contributed by atoms with Crippen LogP contribution >= 0.6 is 0 Å². The lowest BCUT2D eigenvalue weighted by atomic mass is 9.94. The van der Waals surface area contributed by atoms with Crippen molar-refractivity contribution in [3.63, 3.8) is 0 Å². The van der Waals surface area contributed by atoms with Crippen LogP contribution in [0.3, 0.4) is 0 Å². The smallest absolute Gasteiger partial charge is 0.308 e. The third kappa shape index (κ3) is 4.36. The van der Waals surface area contributed by atoms with Crippen molar-refractivity contribution in [2.24, 2.45) is 0 Å². The molecule has 37 heavy (non-hydrogen) atoms. The second kappa shape index (κ2) is 9.51. The third-order valence-corrected chi connectivity index (χ3v) is 5.97. The molecule has 1 fully saturated rings. The van der Waals surface area contributed by atoms with E-state index in [1.807, 2.05) is 6.07 Å². The zero-order valence-electron chi connectivity index (χ0n) is 19.6. The van der Waals surface area contributed by atoms with Gasteiger partial charge in [0.25, 0.3) is 11.7 Å². The van der Waals surface area contributed by atoms with E-state index in [-0.39, 0.29) is 16.9 Å². The van der Waals surface area contributed by atoms with Crippen LogP contribution in [0.15, 0.2) is 72.3 Å². The van der Waals surface area contributed by atoms with Crippen LogP contribution in [0, 0.1) is 11.3 Å². The van der Waals surface area contributed by atoms with Gasteiger partial charge in [-0.3, -0.25) is 19.3 Å². The Hall–Kier alpha value is -5.10. The van der Waals surface area contributed by atoms with Crippen molar-refractivity contribution in [1.29, 1.82) is 5.26 Å². The van der Waals surface area contributed by atoms with Gasteiger partial charge in [0.05, 0.1) is 23.2 Å². The minimum absolute atomic E-state index is 0.147. The van der Waals surface area contributed by atoms with Gasteiger partial charge in [-0.2, -0.15) is 5.26 Å². The molecule has 1 saturated heterocycles. The number of anilines is 1. The summed E-state index contributed by atoms with van der Waals surface area (Å²) in [6, 6.07) is 18.3. The number of ether oxygens (including phenoxy) is 3. The van der Waals surface area contributed by atoms with Crippen LogP contribution in [0.5, 0.6) is 17.2 Å². The van der Waals surface area contributed by atoms with Crippen LogP contribution in [0.25, 0.3) is 5.76 Å². The van der Waals surface area contributed by atoms with Gasteiger partial charge in [0.15, 0.2) is 11.5 Å². The Morgan fingerprint density at radius 1 is 1.03 bits per heavy atom. The van der Waals surface area contributed by atoms with E-state index in [1.54, 1.807) is 48.5 Å². The van der Waals surface area contributed by atoms with Crippen molar-refractivity contribution in [2.75, 3.05) is 18.1 Å². The number of esters is 1. The van der Waals surface area contributed by atoms with Crippen LogP contribution in [0.1, 0.15) is 29.7 Å². The second-order valence-electron chi connectivity index (χ2n) is 8.35. The minimum Gasteiger partial charge on any atom is -0.507 e. The lowest BCUT2D eigenvalue weighted by molar-refractivity contribution is -0.132. The topological polar surface area (TPSA) is 126 Å². The fourth-order valence-corrected chi connectivity index (χ4v) is 4.37. The quantitative estimate of drug-likeness (QED) is 0.190. The van der Waals surface area contributed by atoms with E-state index in [4.69, 9.17) is 19.5 Å². The maximum Gasteiger partial charge on any atom is 0.308 e. The van der Waals surface area contributed by atoms with Crippen molar-refractivity contribution in [3.8, 4) is 23.3 Å². The first-order valence-electron chi connectivity index (χ1n) is 11.4. The summed E-state index contributed by atoms with van der Waals surface area (Å²) in [5.41, 5.74) is 1.28. The predicted molar refractivity (Wildman–Crippen MR) is 131 cm³/mol. The van der Waals surface area contributed by atoms with E-state index >= 15 is 0 Å². The molecule has 1 N–H and O–H groups in total. The first kappa shape index (κ1) is 23.6. The summed E-state index contributed by atoms with van der Waals surface area (Å²) in [4.78, 5) is 39.5. The van der Waals surface area contributed by atoms with Gasteiger partial charge in [0, 0.05) is 18.2 Å². The Bertz CT molecular complexity index is 1500. The highest BCUT2D eigenvalue weighted by atomic mass is 16.6. The van der Waals surface area contributed by atoms with Crippen molar-refractivity contribution in [2.45, 2.75) is 13.0 Å². The van der Waals surface area contributed by atoms with Crippen molar-refractivity contribution >= 4 is 29.1 Å². The molecule has 0 aromatic heterocycles. The Balaban J connectivity index is 1.69. The molecule has 2 aliphatic heterocycles. The van der Waals surface area contributed by atoms with Gasteiger partial charge in [-0.1, -0.05) is 12.1 Å². The highest BCUT2D eigenvalue weighted by Crippen LogP contribution is 2.43. The first-order chi connectivity index (χ1) is 17.9. The summed E-state index contributed by atoms with van der Waals surface area (Å²) in [7, 11) is 0.